The Bertz CT molecular complexity index is 2850. The number of hydrogen-bond donors (Lipinski definition) is 0. The lowest BCUT2D eigenvalue weighted by molar-refractivity contribution is 1.07. The number of para-hydroxylation sites is 3. The van der Waals surface area contributed by atoms with Crippen LogP contribution in [0.4, 0.5) is 34.1 Å². The normalized spacial score (nSPS) is 12.4. The first-order chi connectivity index (χ1) is 26.8. The molecule has 0 bridgehead atoms. The fourth-order valence-corrected chi connectivity index (χ4v) is 8.17. The van der Waals surface area contributed by atoms with Crippen LogP contribution in [0.1, 0.15) is 0 Å². The van der Waals surface area contributed by atoms with Crippen molar-refractivity contribution < 1.29 is 0 Å². The third kappa shape index (κ3) is 4.69. The SMILES string of the molecule is c1ccc(-c2nc(-c3ccccc3)nc(-c3cccc(N4c5ccccc5N5c6ccc7ccccc7c6-c6ccccc6-c6cccc4c65)c3)n2)cc1. The van der Waals surface area contributed by atoms with Gasteiger partial charge in [-0.1, -0.05) is 152 Å². The van der Waals surface area contributed by atoms with E-state index < -0.39 is 0 Å². The highest BCUT2D eigenvalue weighted by Crippen LogP contribution is 2.61. The van der Waals surface area contributed by atoms with Crippen molar-refractivity contribution in [2.24, 2.45) is 0 Å². The van der Waals surface area contributed by atoms with Crippen LogP contribution in [0.25, 0.3) is 67.2 Å². The lowest BCUT2D eigenvalue weighted by Crippen LogP contribution is -2.24. The fraction of sp³-hybridized carbons (Fsp3) is 0. The lowest BCUT2D eigenvalue weighted by atomic mass is 9.91. The van der Waals surface area contributed by atoms with Gasteiger partial charge >= 0.3 is 0 Å². The standard InChI is InChI=1S/C49H31N5/c1-3-16-33(17-4-1)47-50-48(34-18-5-2-6-19-34)52-49(51-47)35-20-13-21-36(31-35)53-41-26-11-12-27-42(41)54-43-30-29-32-15-7-8-22-37(32)45(43)39-24-10-9-23-38(39)40-25-14-28-44(53)46(40)54/h1-31H. The second-order valence-corrected chi connectivity index (χ2v) is 13.6. The van der Waals surface area contributed by atoms with Gasteiger partial charge in [0.1, 0.15) is 0 Å². The number of nitrogens with zero attached hydrogens (tertiary/aromatic N) is 5. The molecule has 0 N–H and O–H groups in total. The van der Waals surface area contributed by atoms with E-state index in [1.165, 1.54) is 38.7 Å². The molecule has 0 unspecified atom stereocenters. The molecule has 0 saturated carbocycles. The highest BCUT2D eigenvalue weighted by Gasteiger charge is 2.36. The lowest BCUT2D eigenvalue weighted by Gasteiger charge is -2.41. The molecule has 0 atom stereocenters. The van der Waals surface area contributed by atoms with Crippen LogP contribution < -0.4 is 9.80 Å². The Kier molecular flexibility index (Phi) is 6.79. The van der Waals surface area contributed by atoms with Gasteiger partial charge in [-0.2, -0.15) is 0 Å². The Labute approximate surface area is 313 Å². The average molecular weight is 690 g/mol. The summed E-state index contributed by atoms with van der Waals surface area (Å²) in [6.07, 6.45) is 0. The highest BCUT2D eigenvalue weighted by molar-refractivity contribution is 6.16. The molecule has 8 aromatic carbocycles. The van der Waals surface area contributed by atoms with Crippen LogP contribution in [0.15, 0.2) is 188 Å². The summed E-state index contributed by atoms with van der Waals surface area (Å²) in [7, 11) is 0. The van der Waals surface area contributed by atoms with Gasteiger partial charge in [0.05, 0.1) is 28.4 Å². The summed E-state index contributed by atoms with van der Waals surface area (Å²) in [6, 6.07) is 66.4. The van der Waals surface area contributed by atoms with Gasteiger partial charge in [0.25, 0.3) is 0 Å². The molecule has 0 spiro atoms. The number of fused-ring (bicyclic) bond motifs is 9. The molecule has 54 heavy (non-hydrogen) atoms. The second kappa shape index (κ2) is 12.1. The fourth-order valence-electron chi connectivity index (χ4n) is 8.17. The molecule has 1 aromatic heterocycles. The van der Waals surface area contributed by atoms with Gasteiger partial charge in [-0.25, -0.2) is 15.0 Å². The smallest absolute Gasteiger partial charge is 0.164 e. The van der Waals surface area contributed by atoms with E-state index in [0.717, 1.165) is 45.1 Å². The van der Waals surface area contributed by atoms with Gasteiger partial charge in [0.15, 0.2) is 17.5 Å². The predicted molar refractivity (Wildman–Crippen MR) is 221 cm³/mol. The van der Waals surface area contributed by atoms with Crippen molar-refractivity contribution in [1.29, 1.82) is 0 Å². The molecule has 5 heteroatoms. The molecule has 3 heterocycles. The van der Waals surface area contributed by atoms with E-state index in [1.807, 2.05) is 60.7 Å². The quantitative estimate of drug-likeness (QED) is 0.184. The summed E-state index contributed by atoms with van der Waals surface area (Å²) < 4.78 is 0. The maximum absolute atomic E-state index is 5.06. The van der Waals surface area contributed by atoms with Gasteiger partial charge < -0.3 is 9.80 Å². The zero-order valence-electron chi connectivity index (χ0n) is 29.1. The Morgan fingerprint density at radius 1 is 0.333 bits per heavy atom. The largest absolute Gasteiger partial charge is 0.306 e. The van der Waals surface area contributed by atoms with E-state index in [-0.39, 0.29) is 0 Å². The number of hydrogen-bond acceptors (Lipinski definition) is 5. The summed E-state index contributed by atoms with van der Waals surface area (Å²) in [5, 5.41) is 2.47. The summed E-state index contributed by atoms with van der Waals surface area (Å²) >= 11 is 0. The zero-order chi connectivity index (χ0) is 35.6. The number of aromatic nitrogens is 3. The van der Waals surface area contributed by atoms with Crippen LogP contribution >= 0.6 is 0 Å². The van der Waals surface area contributed by atoms with E-state index in [4.69, 9.17) is 15.0 Å². The molecular formula is C49H31N5. The third-order valence-corrected chi connectivity index (χ3v) is 10.5. The first-order valence-electron chi connectivity index (χ1n) is 18.2. The number of benzene rings is 8. The Morgan fingerprint density at radius 3 is 1.61 bits per heavy atom. The van der Waals surface area contributed by atoms with Gasteiger partial charge in [-0.3, -0.25) is 0 Å². The minimum Gasteiger partial charge on any atom is -0.306 e. The Balaban J connectivity index is 1.14. The molecule has 0 amide bonds. The highest BCUT2D eigenvalue weighted by atomic mass is 15.3. The molecule has 5 nitrogen and oxygen atoms in total. The molecular weight excluding hydrogens is 659 g/mol. The summed E-state index contributed by atoms with van der Waals surface area (Å²) in [5.41, 5.74) is 14.3. The monoisotopic (exact) mass is 689 g/mol. The molecule has 9 aromatic rings. The molecule has 11 rings (SSSR count). The zero-order valence-corrected chi connectivity index (χ0v) is 29.1. The Morgan fingerprint density at radius 2 is 0.870 bits per heavy atom. The predicted octanol–water partition coefficient (Wildman–Crippen LogP) is 12.9. The molecule has 252 valence electrons. The molecule has 0 saturated heterocycles. The summed E-state index contributed by atoms with van der Waals surface area (Å²) in [6.45, 7) is 0. The van der Waals surface area contributed by atoms with Crippen molar-refractivity contribution in [3.63, 3.8) is 0 Å². The Hall–Kier alpha value is -7.37. The van der Waals surface area contributed by atoms with Gasteiger partial charge in [-0.15, -0.1) is 0 Å². The molecule has 2 aliphatic heterocycles. The topological polar surface area (TPSA) is 45.2 Å². The third-order valence-electron chi connectivity index (χ3n) is 10.5. The van der Waals surface area contributed by atoms with Crippen molar-refractivity contribution in [3.05, 3.63) is 188 Å². The van der Waals surface area contributed by atoms with Crippen LogP contribution in [0.5, 0.6) is 0 Å². The average Bonchev–Trinajstić information content (AvgIpc) is 3.38. The maximum atomic E-state index is 5.06. The van der Waals surface area contributed by atoms with E-state index in [2.05, 4.69) is 137 Å². The van der Waals surface area contributed by atoms with Crippen LogP contribution in [-0.4, -0.2) is 15.0 Å². The minimum absolute atomic E-state index is 0.623. The van der Waals surface area contributed by atoms with Gasteiger partial charge in [0.2, 0.25) is 0 Å². The first kappa shape index (κ1) is 30.3. The van der Waals surface area contributed by atoms with E-state index in [0.29, 0.717) is 17.5 Å². The summed E-state index contributed by atoms with van der Waals surface area (Å²) in [5.74, 6) is 1.90. The van der Waals surface area contributed by atoms with Gasteiger partial charge in [-0.05, 0) is 58.3 Å². The molecule has 2 aliphatic rings. The first-order valence-corrected chi connectivity index (χ1v) is 18.2. The van der Waals surface area contributed by atoms with Crippen molar-refractivity contribution in [3.8, 4) is 56.4 Å². The van der Waals surface area contributed by atoms with Gasteiger partial charge in [0, 0.05) is 33.5 Å². The minimum atomic E-state index is 0.623. The summed E-state index contributed by atoms with van der Waals surface area (Å²) in [4.78, 5) is 19.9. The van der Waals surface area contributed by atoms with Crippen molar-refractivity contribution in [2.45, 2.75) is 0 Å². The maximum Gasteiger partial charge on any atom is 0.164 e. The number of anilines is 6. The van der Waals surface area contributed by atoms with E-state index >= 15 is 0 Å². The van der Waals surface area contributed by atoms with E-state index in [1.54, 1.807) is 0 Å². The second-order valence-electron chi connectivity index (χ2n) is 13.6. The van der Waals surface area contributed by atoms with Crippen molar-refractivity contribution in [2.75, 3.05) is 9.80 Å². The number of rotatable bonds is 4. The molecule has 0 radical (unpaired) electrons. The van der Waals surface area contributed by atoms with Crippen LogP contribution in [0.2, 0.25) is 0 Å². The van der Waals surface area contributed by atoms with Crippen molar-refractivity contribution >= 4 is 44.9 Å². The molecule has 0 aliphatic carbocycles. The van der Waals surface area contributed by atoms with Crippen molar-refractivity contribution in [1.82, 2.24) is 15.0 Å². The van der Waals surface area contributed by atoms with Crippen LogP contribution in [-0.2, 0) is 0 Å². The van der Waals surface area contributed by atoms with E-state index in [9.17, 15) is 0 Å². The van der Waals surface area contributed by atoms with Crippen LogP contribution in [0, 0.1) is 0 Å². The molecule has 0 fully saturated rings. The van der Waals surface area contributed by atoms with Crippen LogP contribution in [0.3, 0.4) is 0 Å².